The van der Waals surface area contributed by atoms with Crippen molar-refractivity contribution in [2.45, 2.75) is 38.6 Å². The summed E-state index contributed by atoms with van der Waals surface area (Å²) in [5.41, 5.74) is 1.13. The van der Waals surface area contributed by atoms with Gasteiger partial charge >= 0.3 is 5.97 Å². The van der Waals surface area contributed by atoms with Crippen LogP contribution in [0.3, 0.4) is 0 Å². The third-order valence-electron chi connectivity index (χ3n) is 4.06. The molecule has 0 bridgehead atoms. The second-order valence-corrected chi connectivity index (χ2v) is 5.52. The molecule has 4 heteroatoms. The fraction of sp³-hybridized carbons (Fsp3) is 0.562. The van der Waals surface area contributed by atoms with Crippen LogP contribution in [0.25, 0.3) is 0 Å². The number of rotatable bonds is 5. The van der Waals surface area contributed by atoms with Gasteiger partial charge in [-0.05, 0) is 51.4 Å². The monoisotopic (exact) mass is 277 g/mol. The van der Waals surface area contributed by atoms with Crippen LogP contribution in [0.1, 0.15) is 41.6 Å². The van der Waals surface area contributed by atoms with Gasteiger partial charge in [-0.25, -0.2) is 4.79 Å². The number of para-hydroxylation sites is 1. The van der Waals surface area contributed by atoms with Gasteiger partial charge in [-0.15, -0.1) is 0 Å². The molecule has 0 aromatic heterocycles. The zero-order valence-corrected chi connectivity index (χ0v) is 12.3. The van der Waals surface area contributed by atoms with E-state index in [1.165, 1.54) is 19.3 Å². The molecule has 1 aromatic carbocycles. The van der Waals surface area contributed by atoms with E-state index in [-0.39, 0.29) is 5.56 Å². The summed E-state index contributed by atoms with van der Waals surface area (Å²) in [5.74, 6) is -0.419. The van der Waals surface area contributed by atoms with Crippen molar-refractivity contribution in [3.63, 3.8) is 0 Å². The molecule has 20 heavy (non-hydrogen) atoms. The molecule has 1 saturated heterocycles. The van der Waals surface area contributed by atoms with Gasteiger partial charge in [-0.1, -0.05) is 18.6 Å². The first-order valence-corrected chi connectivity index (χ1v) is 7.25. The highest BCUT2D eigenvalue weighted by Crippen LogP contribution is 2.24. The highest BCUT2D eigenvalue weighted by molar-refractivity contribution is 5.91. The summed E-state index contributed by atoms with van der Waals surface area (Å²) in [7, 11) is 2.15. The predicted molar refractivity (Wildman–Crippen MR) is 78.5 cm³/mol. The summed E-state index contributed by atoms with van der Waals surface area (Å²) in [6.45, 7) is 3.60. The van der Waals surface area contributed by atoms with Gasteiger partial charge in [0.15, 0.2) is 0 Å². The van der Waals surface area contributed by atoms with Crippen molar-refractivity contribution in [3.8, 4) is 5.75 Å². The first kappa shape index (κ1) is 14.9. The summed E-state index contributed by atoms with van der Waals surface area (Å²) in [4.78, 5) is 13.6. The van der Waals surface area contributed by atoms with Gasteiger partial charge in [0, 0.05) is 6.04 Å². The molecule has 1 aromatic rings. The van der Waals surface area contributed by atoms with E-state index in [9.17, 15) is 9.90 Å². The number of hydrogen-bond donors (Lipinski definition) is 1. The number of likely N-dealkylation sites (tertiary alicyclic amines) is 1. The van der Waals surface area contributed by atoms with Crippen molar-refractivity contribution in [1.82, 2.24) is 4.90 Å². The van der Waals surface area contributed by atoms with Gasteiger partial charge in [0.25, 0.3) is 0 Å². The predicted octanol–water partition coefficient (Wildman–Crippen LogP) is 2.95. The standard InChI is InChI=1S/C16H23NO3/c1-12-6-5-8-14(16(18)19)15(12)20-11-9-13-7-3-4-10-17(13)2/h5-6,8,13H,3-4,7,9-11H2,1-2H3,(H,18,19). The maximum atomic E-state index is 11.2. The van der Waals surface area contributed by atoms with Crippen LogP contribution in [-0.4, -0.2) is 42.2 Å². The maximum absolute atomic E-state index is 11.2. The number of aromatic carboxylic acids is 1. The van der Waals surface area contributed by atoms with E-state index in [1.807, 2.05) is 13.0 Å². The second kappa shape index (κ2) is 6.75. The topological polar surface area (TPSA) is 49.8 Å². The van der Waals surface area contributed by atoms with E-state index >= 15 is 0 Å². The Hall–Kier alpha value is -1.55. The van der Waals surface area contributed by atoms with Crippen LogP contribution >= 0.6 is 0 Å². The second-order valence-electron chi connectivity index (χ2n) is 5.52. The minimum absolute atomic E-state index is 0.252. The molecule has 4 nitrogen and oxygen atoms in total. The third-order valence-corrected chi connectivity index (χ3v) is 4.06. The Labute approximate surface area is 120 Å². The molecule has 1 unspecified atom stereocenters. The van der Waals surface area contributed by atoms with Crippen LogP contribution in [-0.2, 0) is 0 Å². The van der Waals surface area contributed by atoms with Crippen LogP contribution in [0, 0.1) is 6.92 Å². The van der Waals surface area contributed by atoms with E-state index in [4.69, 9.17) is 4.74 Å². The summed E-state index contributed by atoms with van der Waals surface area (Å²) in [6, 6.07) is 5.79. The lowest BCUT2D eigenvalue weighted by molar-refractivity contribution is 0.0691. The van der Waals surface area contributed by atoms with Gasteiger partial charge in [0.1, 0.15) is 11.3 Å². The van der Waals surface area contributed by atoms with Crippen LogP contribution in [0.5, 0.6) is 5.75 Å². The van der Waals surface area contributed by atoms with Gasteiger partial charge in [0.2, 0.25) is 0 Å². The Morgan fingerprint density at radius 3 is 2.95 bits per heavy atom. The van der Waals surface area contributed by atoms with Gasteiger partial charge in [0.05, 0.1) is 6.61 Å². The number of ether oxygens (including phenoxy) is 1. The molecule has 1 fully saturated rings. The molecule has 1 aliphatic rings. The Bertz CT molecular complexity index is 473. The third kappa shape index (κ3) is 3.51. The molecule has 0 saturated carbocycles. The zero-order chi connectivity index (χ0) is 14.5. The quantitative estimate of drug-likeness (QED) is 0.899. The molecule has 1 N–H and O–H groups in total. The SMILES string of the molecule is Cc1cccc(C(=O)O)c1OCCC1CCCCN1C. The average molecular weight is 277 g/mol. The summed E-state index contributed by atoms with van der Waals surface area (Å²) in [6.07, 6.45) is 4.71. The van der Waals surface area contributed by atoms with Gasteiger partial charge < -0.3 is 14.7 Å². The number of piperidine rings is 1. The molecule has 0 amide bonds. The zero-order valence-electron chi connectivity index (χ0n) is 12.3. The Morgan fingerprint density at radius 1 is 1.45 bits per heavy atom. The molecule has 110 valence electrons. The van der Waals surface area contributed by atoms with Crippen molar-refractivity contribution >= 4 is 5.97 Å². The first-order valence-electron chi connectivity index (χ1n) is 7.25. The highest BCUT2D eigenvalue weighted by Gasteiger charge is 2.19. The van der Waals surface area contributed by atoms with Crippen molar-refractivity contribution in [3.05, 3.63) is 29.3 Å². The number of carboxylic acids is 1. The number of carbonyl (C=O) groups is 1. The van der Waals surface area contributed by atoms with E-state index in [0.29, 0.717) is 18.4 Å². The molecule has 1 heterocycles. The number of carboxylic acid groups (broad SMARTS) is 1. The lowest BCUT2D eigenvalue weighted by Crippen LogP contribution is -2.37. The van der Waals surface area contributed by atoms with Crippen LogP contribution in [0.15, 0.2) is 18.2 Å². The smallest absolute Gasteiger partial charge is 0.339 e. The van der Waals surface area contributed by atoms with Crippen LogP contribution in [0.2, 0.25) is 0 Å². The van der Waals surface area contributed by atoms with Crippen molar-refractivity contribution < 1.29 is 14.6 Å². The summed E-state index contributed by atoms with van der Waals surface area (Å²) < 4.78 is 5.77. The van der Waals surface area contributed by atoms with Crippen LogP contribution < -0.4 is 4.74 Å². The van der Waals surface area contributed by atoms with Gasteiger partial charge in [-0.2, -0.15) is 0 Å². The molecule has 0 aliphatic carbocycles. The van der Waals surface area contributed by atoms with Gasteiger partial charge in [-0.3, -0.25) is 0 Å². The lowest BCUT2D eigenvalue weighted by atomic mass is 10.0. The largest absolute Gasteiger partial charge is 0.492 e. The minimum atomic E-state index is -0.932. The maximum Gasteiger partial charge on any atom is 0.339 e. The molecule has 2 rings (SSSR count). The fourth-order valence-electron chi connectivity index (χ4n) is 2.82. The number of nitrogens with zero attached hydrogens (tertiary/aromatic N) is 1. The Balaban J connectivity index is 1.95. The van der Waals surface area contributed by atoms with Crippen molar-refractivity contribution in [2.24, 2.45) is 0 Å². The highest BCUT2D eigenvalue weighted by atomic mass is 16.5. The lowest BCUT2D eigenvalue weighted by Gasteiger charge is -2.32. The number of benzene rings is 1. The normalized spacial score (nSPS) is 19.8. The van der Waals surface area contributed by atoms with E-state index in [1.54, 1.807) is 12.1 Å². The Morgan fingerprint density at radius 2 is 2.25 bits per heavy atom. The molecule has 1 aliphatic heterocycles. The number of hydrogen-bond acceptors (Lipinski definition) is 3. The van der Waals surface area contributed by atoms with Crippen molar-refractivity contribution in [1.29, 1.82) is 0 Å². The average Bonchev–Trinajstić information content (AvgIpc) is 2.42. The molecule has 0 radical (unpaired) electrons. The fourth-order valence-corrected chi connectivity index (χ4v) is 2.82. The summed E-state index contributed by atoms with van der Waals surface area (Å²) >= 11 is 0. The molecule has 0 spiro atoms. The molecule has 1 atom stereocenters. The first-order chi connectivity index (χ1) is 9.59. The van der Waals surface area contributed by atoms with E-state index in [0.717, 1.165) is 18.5 Å². The molecular weight excluding hydrogens is 254 g/mol. The van der Waals surface area contributed by atoms with E-state index in [2.05, 4.69) is 11.9 Å². The van der Waals surface area contributed by atoms with E-state index < -0.39 is 5.97 Å². The van der Waals surface area contributed by atoms with Crippen LogP contribution in [0.4, 0.5) is 0 Å². The number of aryl methyl sites for hydroxylation is 1. The Kier molecular flexibility index (Phi) is 5.01. The summed E-state index contributed by atoms with van der Waals surface area (Å²) in [5, 5.41) is 9.19. The van der Waals surface area contributed by atoms with Crippen molar-refractivity contribution in [2.75, 3.05) is 20.2 Å². The molecular formula is C16H23NO3. The minimum Gasteiger partial charge on any atom is -0.492 e.